The molecular formula is C30H47N2O3Y-. The van der Waals surface area contributed by atoms with E-state index in [9.17, 15) is 9.90 Å². The zero-order valence-corrected chi connectivity index (χ0v) is 26.8. The van der Waals surface area contributed by atoms with Gasteiger partial charge in [0.2, 0.25) is 0 Å². The number of nitrogens with one attached hydrogen (secondary N) is 2. The van der Waals surface area contributed by atoms with Gasteiger partial charge in [-0.1, -0.05) is 111 Å². The molecule has 0 aliphatic heterocycles. The molecule has 0 spiro atoms. The molecule has 36 heavy (non-hydrogen) atoms. The van der Waals surface area contributed by atoms with E-state index in [1.54, 1.807) is 30.3 Å². The summed E-state index contributed by atoms with van der Waals surface area (Å²) < 4.78 is 5.51. The second-order valence-corrected chi connectivity index (χ2v) is 5.24. The molecule has 5 nitrogen and oxygen atoms in total. The summed E-state index contributed by atoms with van der Waals surface area (Å²) in [7, 11) is 0. The van der Waals surface area contributed by atoms with Gasteiger partial charge < -0.3 is 20.5 Å². The van der Waals surface area contributed by atoms with Crippen molar-refractivity contribution in [3.05, 3.63) is 84.4 Å². The molecule has 3 rings (SSSR count). The minimum absolute atomic E-state index is 0. The molecule has 0 saturated carbocycles. The number of carbonyl (C=O) groups is 1. The van der Waals surface area contributed by atoms with E-state index < -0.39 is 0 Å². The topological polar surface area (TPSA) is 70.6 Å². The number of amides is 1. The third kappa shape index (κ3) is 18.0. The molecule has 0 atom stereocenters. The SMILES string of the molecule is CC.CC.CC.CC.CC.O=C(Nc1[c-]cc(NCOc2ccccc2)c(O)c1)c1ccccc1.[Y]. The number of rotatable bonds is 6. The first-order chi connectivity index (χ1) is 17.2. The van der Waals surface area contributed by atoms with Gasteiger partial charge in [-0.15, -0.1) is 12.1 Å². The normalized spacial score (nSPS) is 7.83. The Morgan fingerprint density at radius 1 is 0.806 bits per heavy atom. The van der Waals surface area contributed by atoms with Crippen LogP contribution in [-0.2, 0) is 32.7 Å². The summed E-state index contributed by atoms with van der Waals surface area (Å²) in [6, 6.07) is 24.1. The minimum atomic E-state index is -0.260. The zero-order valence-electron chi connectivity index (χ0n) is 24.0. The summed E-state index contributed by atoms with van der Waals surface area (Å²) >= 11 is 0. The van der Waals surface area contributed by atoms with E-state index in [0.29, 0.717) is 16.9 Å². The first-order valence-corrected chi connectivity index (χ1v) is 12.8. The van der Waals surface area contributed by atoms with E-state index in [1.807, 2.05) is 106 Å². The number of aromatic hydroxyl groups is 1. The van der Waals surface area contributed by atoms with Crippen LogP contribution in [0.25, 0.3) is 0 Å². The van der Waals surface area contributed by atoms with Crippen molar-refractivity contribution < 1.29 is 47.3 Å². The predicted molar refractivity (Wildman–Crippen MR) is 154 cm³/mol. The molecule has 1 amide bonds. The van der Waals surface area contributed by atoms with Gasteiger partial charge in [0.1, 0.15) is 12.5 Å². The number of phenols is 1. The van der Waals surface area contributed by atoms with Crippen LogP contribution in [0.1, 0.15) is 79.6 Å². The average molecular weight is 573 g/mol. The molecule has 6 heteroatoms. The van der Waals surface area contributed by atoms with E-state index in [1.165, 1.54) is 6.07 Å². The van der Waals surface area contributed by atoms with Crippen molar-refractivity contribution in [2.75, 3.05) is 17.4 Å². The van der Waals surface area contributed by atoms with Crippen molar-refractivity contribution in [2.24, 2.45) is 0 Å². The second-order valence-electron chi connectivity index (χ2n) is 5.24. The van der Waals surface area contributed by atoms with Crippen LogP contribution in [0, 0.1) is 6.07 Å². The number of benzene rings is 3. The third-order valence-corrected chi connectivity index (χ3v) is 3.46. The Hall–Kier alpha value is -2.37. The molecule has 0 aliphatic carbocycles. The van der Waals surface area contributed by atoms with Crippen LogP contribution in [-0.4, -0.2) is 17.7 Å². The van der Waals surface area contributed by atoms with Gasteiger partial charge in [0.05, 0.1) is 0 Å². The minimum Gasteiger partial charge on any atom is -0.531 e. The fourth-order valence-corrected chi connectivity index (χ4v) is 2.19. The summed E-state index contributed by atoms with van der Waals surface area (Å²) in [6.07, 6.45) is 0. The molecule has 0 bridgehead atoms. The van der Waals surface area contributed by atoms with Gasteiger partial charge in [0, 0.05) is 44.0 Å². The molecule has 3 aromatic rings. The van der Waals surface area contributed by atoms with Crippen molar-refractivity contribution in [3.63, 3.8) is 0 Å². The second kappa shape index (κ2) is 30.7. The van der Waals surface area contributed by atoms with E-state index in [4.69, 9.17) is 4.74 Å². The van der Waals surface area contributed by atoms with Crippen molar-refractivity contribution in [3.8, 4) is 11.5 Å². The quantitative estimate of drug-likeness (QED) is 0.157. The van der Waals surface area contributed by atoms with Crippen LogP contribution in [0.4, 0.5) is 11.4 Å². The number of anilines is 2. The van der Waals surface area contributed by atoms with Crippen LogP contribution in [0.3, 0.4) is 0 Å². The molecule has 1 radical (unpaired) electrons. The molecule has 0 aromatic heterocycles. The van der Waals surface area contributed by atoms with Gasteiger partial charge in [0.15, 0.2) is 0 Å². The monoisotopic (exact) mass is 572 g/mol. The number of ether oxygens (including phenoxy) is 1. The fourth-order valence-electron chi connectivity index (χ4n) is 2.19. The molecule has 0 saturated heterocycles. The Balaban J connectivity index is -0.000000416. The maximum Gasteiger partial charge on any atom is 0.253 e. The van der Waals surface area contributed by atoms with E-state index >= 15 is 0 Å². The molecule has 0 fully saturated rings. The van der Waals surface area contributed by atoms with Gasteiger partial charge in [0.25, 0.3) is 5.91 Å². The van der Waals surface area contributed by atoms with Gasteiger partial charge in [-0.3, -0.25) is 4.79 Å². The standard InChI is InChI=1S/C20H17N2O3.5C2H6.Y/c23-19-13-16(22-20(24)15-7-3-1-4-8-15)11-12-18(19)21-14-25-17-9-5-2-6-10-17;5*1-2;/h1-10,12-13,21,23H,14H2,(H,22,24);5*1-2H3;/q-1;;;;;;. The summed E-state index contributed by atoms with van der Waals surface area (Å²) in [5, 5.41) is 15.7. The summed E-state index contributed by atoms with van der Waals surface area (Å²) in [6.45, 7) is 20.2. The van der Waals surface area contributed by atoms with Gasteiger partial charge in [-0.25, -0.2) is 0 Å². The molecule has 3 N–H and O–H groups in total. The number of phenolic OH excluding ortho intramolecular Hbond substituents is 1. The Morgan fingerprint density at radius 2 is 1.28 bits per heavy atom. The van der Waals surface area contributed by atoms with E-state index in [-0.39, 0.29) is 51.1 Å². The Morgan fingerprint density at radius 3 is 1.75 bits per heavy atom. The van der Waals surface area contributed by atoms with Gasteiger partial charge in [-0.2, -0.15) is 6.07 Å². The van der Waals surface area contributed by atoms with Crippen LogP contribution < -0.4 is 15.4 Å². The number of para-hydroxylation sites is 1. The number of carbonyl (C=O) groups excluding carboxylic acids is 1. The summed E-state index contributed by atoms with van der Waals surface area (Å²) in [4.78, 5) is 12.1. The van der Waals surface area contributed by atoms with Gasteiger partial charge >= 0.3 is 0 Å². The average Bonchev–Trinajstić information content (AvgIpc) is 2.96. The largest absolute Gasteiger partial charge is 0.531 e. The van der Waals surface area contributed by atoms with Crippen molar-refractivity contribution in [1.82, 2.24) is 0 Å². The van der Waals surface area contributed by atoms with Crippen LogP contribution in [0.5, 0.6) is 11.5 Å². The van der Waals surface area contributed by atoms with Crippen molar-refractivity contribution >= 4 is 17.3 Å². The Kier molecular flexibility index (Phi) is 34.7. The fraction of sp³-hybridized carbons (Fsp3) is 0.367. The smallest absolute Gasteiger partial charge is 0.253 e. The molecule has 199 valence electrons. The maximum absolute atomic E-state index is 12.1. The molecule has 0 unspecified atom stereocenters. The van der Waals surface area contributed by atoms with E-state index in [0.717, 1.165) is 5.75 Å². The zero-order chi connectivity index (χ0) is 27.5. The summed E-state index contributed by atoms with van der Waals surface area (Å²) in [5.41, 5.74) is 1.39. The van der Waals surface area contributed by atoms with Crippen LogP contribution >= 0.6 is 0 Å². The Bertz CT molecular complexity index is 845. The first kappa shape index (κ1) is 40.8. The van der Waals surface area contributed by atoms with Crippen LogP contribution in [0.15, 0.2) is 72.8 Å². The molecule has 3 aromatic carbocycles. The molecule has 0 heterocycles. The summed E-state index contributed by atoms with van der Waals surface area (Å²) in [5.74, 6) is 0.466. The molecular weight excluding hydrogens is 525 g/mol. The number of hydrogen-bond acceptors (Lipinski definition) is 4. The Labute approximate surface area is 246 Å². The third-order valence-electron chi connectivity index (χ3n) is 3.46. The predicted octanol–water partition coefficient (Wildman–Crippen LogP) is 9.02. The van der Waals surface area contributed by atoms with Gasteiger partial charge in [-0.05, 0) is 30.0 Å². The van der Waals surface area contributed by atoms with Crippen molar-refractivity contribution in [1.29, 1.82) is 0 Å². The maximum atomic E-state index is 12.1. The molecule has 0 aliphatic rings. The van der Waals surface area contributed by atoms with E-state index in [2.05, 4.69) is 16.7 Å². The van der Waals surface area contributed by atoms with Crippen LogP contribution in [0.2, 0.25) is 0 Å². The first-order valence-electron chi connectivity index (χ1n) is 12.8. The van der Waals surface area contributed by atoms with Crippen molar-refractivity contribution in [2.45, 2.75) is 69.2 Å². The number of hydrogen-bond donors (Lipinski definition) is 3.